The molecular formula is C15H13FN2. The Balaban J connectivity index is 2.05. The first-order chi connectivity index (χ1) is 8.74. The van der Waals surface area contributed by atoms with E-state index in [1.54, 1.807) is 12.1 Å². The smallest absolute Gasteiger partial charge is 0.123 e. The molecular weight excluding hydrogens is 227 g/mol. The van der Waals surface area contributed by atoms with Crippen molar-refractivity contribution in [2.24, 2.45) is 0 Å². The largest absolute Gasteiger partial charge is 0.397 e. The van der Waals surface area contributed by atoms with Crippen LogP contribution in [-0.4, -0.2) is 4.57 Å². The standard InChI is InChI=1S/C15H13FN2/c16-13-5-1-3-11(9-13)10-18-8-7-12-4-2-6-14(17)15(12)18/h1-9H,10,17H2. The number of nitrogens with two attached hydrogens (primary N) is 1. The number of fused-ring (bicyclic) bond motifs is 1. The lowest BCUT2D eigenvalue weighted by atomic mass is 10.2. The van der Waals surface area contributed by atoms with Crippen LogP contribution < -0.4 is 5.73 Å². The zero-order valence-corrected chi connectivity index (χ0v) is 9.81. The zero-order valence-electron chi connectivity index (χ0n) is 9.81. The highest BCUT2D eigenvalue weighted by atomic mass is 19.1. The minimum atomic E-state index is -0.211. The molecule has 0 radical (unpaired) electrons. The van der Waals surface area contributed by atoms with Gasteiger partial charge in [0.15, 0.2) is 0 Å². The van der Waals surface area contributed by atoms with E-state index < -0.39 is 0 Å². The molecule has 2 aromatic carbocycles. The fourth-order valence-corrected chi connectivity index (χ4v) is 2.25. The molecule has 0 aliphatic rings. The fourth-order valence-electron chi connectivity index (χ4n) is 2.25. The zero-order chi connectivity index (χ0) is 12.5. The molecule has 18 heavy (non-hydrogen) atoms. The van der Waals surface area contributed by atoms with Crippen molar-refractivity contribution in [1.29, 1.82) is 0 Å². The Morgan fingerprint density at radius 1 is 1.06 bits per heavy atom. The molecule has 1 aromatic heterocycles. The van der Waals surface area contributed by atoms with Gasteiger partial charge in [0, 0.05) is 18.1 Å². The maximum Gasteiger partial charge on any atom is 0.123 e. The van der Waals surface area contributed by atoms with E-state index in [4.69, 9.17) is 5.73 Å². The van der Waals surface area contributed by atoms with Crippen LogP contribution in [0.15, 0.2) is 54.7 Å². The lowest BCUT2D eigenvalue weighted by molar-refractivity contribution is 0.624. The third kappa shape index (κ3) is 1.84. The summed E-state index contributed by atoms with van der Waals surface area (Å²) in [5.41, 5.74) is 8.66. The van der Waals surface area contributed by atoms with Crippen LogP contribution in [-0.2, 0) is 6.54 Å². The Morgan fingerprint density at radius 2 is 1.89 bits per heavy atom. The van der Waals surface area contributed by atoms with Crippen molar-refractivity contribution in [2.45, 2.75) is 6.54 Å². The van der Waals surface area contributed by atoms with Gasteiger partial charge in [-0.25, -0.2) is 4.39 Å². The van der Waals surface area contributed by atoms with Gasteiger partial charge in [0.2, 0.25) is 0 Å². The van der Waals surface area contributed by atoms with Gasteiger partial charge in [-0.3, -0.25) is 0 Å². The maximum absolute atomic E-state index is 13.2. The summed E-state index contributed by atoms with van der Waals surface area (Å²) in [6.07, 6.45) is 1.98. The molecule has 1 heterocycles. The predicted octanol–water partition coefficient (Wildman–Crippen LogP) is 3.41. The van der Waals surface area contributed by atoms with E-state index in [1.807, 2.05) is 41.1 Å². The number of halogens is 1. The highest BCUT2D eigenvalue weighted by molar-refractivity contribution is 5.90. The van der Waals surface area contributed by atoms with Gasteiger partial charge in [-0.1, -0.05) is 24.3 Å². The second-order valence-electron chi connectivity index (χ2n) is 4.36. The van der Waals surface area contributed by atoms with Crippen molar-refractivity contribution in [3.8, 4) is 0 Å². The third-order valence-corrected chi connectivity index (χ3v) is 3.06. The first-order valence-electron chi connectivity index (χ1n) is 5.82. The number of nitrogen functional groups attached to an aromatic ring is 1. The third-order valence-electron chi connectivity index (χ3n) is 3.06. The van der Waals surface area contributed by atoms with Crippen molar-refractivity contribution < 1.29 is 4.39 Å². The van der Waals surface area contributed by atoms with E-state index >= 15 is 0 Å². The number of aromatic nitrogens is 1. The second-order valence-corrected chi connectivity index (χ2v) is 4.36. The highest BCUT2D eigenvalue weighted by Gasteiger charge is 2.05. The summed E-state index contributed by atoms with van der Waals surface area (Å²) in [4.78, 5) is 0. The molecule has 0 aliphatic heterocycles. The molecule has 3 heteroatoms. The minimum Gasteiger partial charge on any atom is -0.397 e. The van der Waals surface area contributed by atoms with E-state index in [9.17, 15) is 4.39 Å². The van der Waals surface area contributed by atoms with Crippen molar-refractivity contribution >= 4 is 16.6 Å². The summed E-state index contributed by atoms with van der Waals surface area (Å²) in [5.74, 6) is -0.211. The average Bonchev–Trinajstić information content (AvgIpc) is 2.74. The number of hydrogen-bond acceptors (Lipinski definition) is 1. The molecule has 0 saturated heterocycles. The number of benzene rings is 2. The highest BCUT2D eigenvalue weighted by Crippen LogP contribution is 2.23. The van der Waals surface area contributed by atoms with E-state index in [0.29, 0.717) is 6.54 Å². The van der Waals surface area contributed by atoms with Crippen LogP contribution >= 0.6 is 0 Å². The maximum atomic E-state index is 13.2. The second kappa shape index (κ2) is 4.18. The molecule has 3 rings (SSSR count). The van der Waals surface area contributed by atoms with E-state index in [0.717, 1.165) is 22.2 Å². The van der Waals surface area contributed by atoms with Crippen LogP contribution in [0.1, 0.15) is 5.56 Å². The quantitative estimate of drug-likeness (QED) is 0.684. The van der Waals surface area contributed by atoms with Gasteiger partial charge in [0.05, 0.1) is 11.2 Å². The fraction of sp³-hybridized carbons (Fsp3) is 0.0667. The Morgan fingerprint density at radius 3 is 2.72 bits per heavy atom. The summed E-state index contributed by atoms with van der Waals surface area (Å²) in [5, 5.41) is 1.10. The molecule has 0 unspecified atom stereocenters. The van der Waals surface area contributed by atoms with Gasteiger partial charge in [0.25, 0.3) is 0 Å². The SMILES string of the molecule is Nc1cccc2ccn(Cc3cccc(F)c3)c12. The molecule has 0 fully saturated rings. The van der Waals surface area contributed by atoms with Crippen LogP contribution in [0.4, 0.5) is 10.1 Å². The molecule has 0 bridgehead atoms. The van der Waals surface area contributed by atoms with Crippen molar-refractivity contribution in [2.75, 3.05) is 5.73 Å². The van der Waals surface area contributed by atoms with Crippen molar-refractivity contribution in [3.63, 3.8) is 0 Å². The van der Waals surface area contributed by atoms with Gasteiger partial charge in [-0.05, 0) is 29.8 Å². The Labute approximate surface area is 104 Å². The predicted molar refractivity (Wildman–Crippen MR) is 71.9 cm³/mol. The minimum absolute atomic E-state index is 0.211. The van der Waals surface area contributed by atoms with Crippen LogP contribution in [0.2, 0.25) is 0 Å². The Bertz CT molecular complexity index is 701. The normalized spacial score (nSPS) is 10.9. The summed E-state index contributed by atoms with van der Waals surface area (Å²) in [7, 11) is 0. The van der Waals surface area contributed by atoms with Gasteiger partial charge in [-0.2, -0.15) is 0 Å². The summed E-state index contributed by atoms with van der Waals surface area (Å²) in [6, 6.07) is 14.5. The number of anilines is 1. The first-order valence-corrected chi connectivity index (χ1v) is 5.82. The van der Waals surface area contributed by atoms with Gasteiger partial charge < -0.3 is 10.3 Å². The van der Waals surface area contributed by atoms with Crippen molar-refractivity contribution in [1.82, 2.24) is 4.57 Å². The number of nitrogens with zero attached hydrogens (tertiary/aromatic N) is 1. The lowest BCUT2D eigenvalue weighted by Gasteiger charge is -2.07. The van der Waals surface area contributed by atoms with Crippen molar-refractivity contribution in [3.05, 3.63) is 66.1 Å². The Kier molecular flexibility index (Phi) is 2.52. The van der Waals surface area contributed by atoms with E-state index in [-0.39, 0.29) is 5.82 Å². The van der Waals surface area contributed by atoms with Gasteiger partial charge in [-0.15, -0.1) is 0 Å². The molecule has 3 aromatic rings. The van der Waals surface area contributed by atoms with Crippen LogP contribution in [0.5, 0.6) is 0 Å². The molecule has 2 nitrogen and oxygen atoms in total. The van der Waals surface area contributed by atoms with Crippen LogP contribution in [0.3, 0.4) is 0 Å². The first kappa shape index (κ1) is 10.8. The van der Waals surface area contributed by atoms with E-state index in [1.165, 1.54) is 6.07 Å². The van der Waals surface area contributed by atoms with Gasteiger partial charge >= 0.3 is 0 Å². The number of hydrogen-bond donors (Lipinski definition) is 1. The average molecular weight is 240 g/mol. The molecule has 0 amide bonds. The molecule has 0 aliphatic carbocycles. The molecule has 0 atom stereocenters. The summed E-state index contributed by atoms with van der Waals surface area (Å²) in [6.45, 7) is 0.621. The molecule has 0 spiro atoms. The molecule has 90 valence electrons. The summed E-state index contributed by atoms with van der Waals surface area (Å²) < 4.78 is 15.2. The summed E-state index contributed by atoms with van der Waals surface area (Å²) >= 11 is 0. The monoisotopic (exact) mass is 240 g/mol. The topological polar surface area (TPSA) is 30.9 Å². The van der Waals surface area contributed by atoms with E-state index in [2.05, 4.69) is 0 Å². The number of para-hydroxylation sites is 1. The number of rotatable bonds is 2. The molecule has 2 N–H and O–H groups in total. The van der Waals surface area contributed by atoms with Crippen LogP contribution in [0.25, 0.3) is 10.9 Å². The Hall–Kier alpha value is -2.29. The lowest BCUT2D eigenvalue weighted by Crippen LogP contribution is -2.00. The van der Waals surface area contributed by atoms with Crippen LogP contribution in [0, 0.1) is 5.82 Å². The molecule has 0 saturated carbocycles. The van der Waals surface area contributed by atoms with Gasteiger partial charge in [0.1, 0.15) is 5.82 Å².